The first-order valence-corrected chi connectivity index (χ1v) is 5.47. The van der Waals surface area contributed by atoms with E-state index < -0.39 is 0 Å². The van der Waals surface area contributed by atoms with Gasteiger partial charge < -0.3 is 0 Å². The van der Waals surface area contributed by atoms with E-state index in [1.165, 1.54) is 12.3 Å². The Morgan fingerprint density at radius 3 is 2.71 bits per heavy atom. The van der Waals surface area contributed by atoms with E-state index in [1.54, 1.807) is 10.5 Å². The molecular weight excluding hydrogens is 217 g/mol. The van der Waals surface area contributed by atoms with Crippen LogP contribution in [0.2, 0.25) is 0 Å². The molecule has 0 aliphatic rings. The van der Waals surface area contributed by atoms with E-state index in [4.69, 9.17) is 5.26 Å². The normalized spacial score (nSPS) is 11.7. The molecule has 0 aromatic carbocycles. The molecule has 0 fully saturated rings. The van der Waals surface area contributed by atoms with E-state index in [9.17, 15) is 4.39 Å². The van der Waals surface area contributed by atoms with Gasteiger partial charge in [0, 0.05) is 11.6 Å². The topological polar surface area (TPSA) is 41.1 Å². The Hall–Kier alpha value is -1.89. The Bertz CT molecular complexity index is 599. The lowest BCUT2D eigenvalue weighted by Crippen LogP contribution is -2.14. The molecule has 0 amide bonds. The zero-order valence-electron chi connectivity index (χ0n) is 10.2. The van der Waals surface area contributed by atoms with Crippen molar-refractivity contribution in [1.82, 2.24) is 9.38 Å². The van der Waals surface area contributed by atoms with Crippen LogP contribution in [0.15, 0.2) is 18.3 Å². The van der Waals surface area contributed by atoms with E-state index in [2.05, 4.69) is 11.1 Å². The summed E-state index contributed by atoms with van der Waals surface area (Å²) in [4.78, 5) is 4.49. The summed E-state index contributed by atoms with van der Waals surface area (Å²) in [6.45, 7) is 6.10. The van der Waals surface area contributed by atoms with E-state index in [0.717, 1.165) is 11.4 Å². The van der Waals surface area contributed by atoms with Crippen LogP contribution in [-0.4, -0.2) is 9.38 Å². The van der Waals surface area contributed by atoms with Crippen LogP contribution in [0.5, 0.6) is 0 Å². The molecule has 2 heterocycles. The van der Waals surface area contributed by atoms with E-state index in [-0.39, 0.29) is 17.7 Å². The summed E-state index contributed by atoms with van der Waals surface area (Å²) >= 11 is 0. The molecule has 3 nitrogen and oxygen atoms in total. The van der Waals surface area contributed by atoms with Crippen molar-refractivity contribution in [3.8, 4) is 6.07 Å². The fourth-order valence-corrected chi connectivity index (χ4v) is 1.91. The van der Waals surface area contributed by atoms with Crippen LogP contribution in [0, 0.1) is 17.1 Å². The molecule has 0 saturated heterocycles. The lowest BCUT2D eigenvalue weighted by atomic mass is 9.90. The average Bonchev–Trinajstić information content (AvgIpc) is 2.57. The van der Waals surface area contributed by atoms with Crippen LogP contribution < -0.4 is 0 Å². The van der Waals surface area contributed by atoms with Crippen molar-refractivity contribution in [2.24, 2.45) is 0 Å². The van der Waals surface area contributed by atoms with Gasteiger partial charge in [0.25, 0.3) is 0 Å². The molecule has 0 unspecified atom stereocenters. The minimum atomic E-state index is -0.324. The average molecular weight is 231 g/mol. The van der Waals surface area contributed by atoms with Crippen molar-refractivity contribution >= 4 is 5.65 Å². The predicted molar refractivity (Wildman–Crippen MR) is 63.2 cm³/mol. The number of hydrogen-bond acceptors (Lipinski definition) is 2. The Balaban J connectivity index is 2.77. The Kier molecular flexibility index (Phi) is 2.62. The van der Waals surface area contributed by atoms with E-state index in [0.29, 0.717) is 5.65 Å². The summed E-state index contributed by atoms with van der Waals surface area (Å²) in [5.74, 6) is -0.324. The number of hydrogen-bond donors (Lipinski definition) is 0. The van der Waals surface area contributed by atoms with Crippen LogP contribution in [-0.2, 0) is 11.8 Å². The largest absolute Gasteiger partial charge is 0.300 e. The number of imidazole rings is 1. The highest BCUT2D eigenvalue weighted by Crippen LogP contribution is 2.26. The van der Waals surface area contributed by atoms with Gasteiger partial charge in [0.15, 0.2) is 0 Å². The highest BCUT2D eigenvalue weighted by molar-refractivity contribution is 5.45. The number of rotatable bonds is 1. The number of halogens is 1. The Labute approximate surface area is 99.5 Å². The van der Waals surface area contributed by atoms with Crippen LogP contribution >= 0.6 is 0 Å². The first kappa shape index (κ1) is 11.6. The lowest BCUT2D eigenvalue weighted by Gasteiger charge is -2.16. The quantitative estimate of drug-likeness (QED) is 0.757. The second kappa shape index (κ2) is 3.85. The SMILES string of the molecule is CC(C)(C)c1nc2ccc(F)cn2c1CC#N. The minimum absolute atomic E-state index is 0.158. The summed E-state index contributed by atoms with van der Waals surface area (Å²) in [6.07, 6.45) is 1.61. The monoisotopic (exact) mass is 231 g/mol. The fraction of sp³-hybridized carbons (Fsp3) is 0.385. The summed E-state index contributed by atoms with van der Waals surface area (Å²) in [5, 5.41) is 8.87. The third-order valence-corrected chi connectivity index (χ3v) is 2.64. The number of fused-ring (bicyclic) bond motifs is 1. The molecule has 0 saturated carbocycles. The zero-order valence-corrected chi connectivity index (χ0v) is 10.2. The van der Waals surface area contributed by atoms with Gasteiger partial charge in [0.2, 0.25) is 0 Å². The molecule has 17 heavy (non-hydrogen) atoms. The van der Waals surface area contributed by atoms with Gasteiger partial charge in [-0.25, -0.2) is 9.37 Å². The number of nitrogens with zero attached hydrogens (tertiary/aromatic N) is 3. The molecule has 0 radical (unpaired) electrons. The molecule has 2 aromatic heterocycles. The van der Waals surface area contributed by atoms with Gasteiger partial charge in [-0.05, 0) is 12.1 Å². The zero-order chi connectivity index (χ0) is 12.6. The van der Waals surface area contributed by atoms with Gasteiger partial charge >= 0.3 is 0 Å². The Morgan fingerprint density at radius 2 is 2.12 bits per heavy atom. The van der Waals surface area contributed by atoms with Gasteiger partial charge in [-0.2, -0.15) is 5.26 Å². The molecule has 0 N–H and O–H groups in total. The number of aromatic nitrogens is 2. The van der Waals surface area contributed by atoms with Crippen molar-refractivity contribution in [1.29, 1.82) is 5.26 Å². The van der Waals surface area contributed by atoms with Gasteiger partial charge in [0.1, 0.15) is 11.5 Å². The first-order chi connectivity index (χ1) is 7.93. The molecule has 2 aromatic rings. The molecule has 2 rings (SSSR count). The predicted octanol–water partition coefficient (Wildman–Crippen LogP) is 2.84. The van der Waals surface area contributed by atoms with Crippen molar-refractivity contribution in [3.05, 3.63) is 35.5 Å². The first-order valence-electron chi connectivity index (χ1n) is 5.47. The molecular formula is C13H14FN3. The Morgan fingerprint density at radius 1 is 1.41 bits per heavy atom. The highest BCUT2D eigenvalue weighted by atomic mass is 19.1. The summed E-state index contributed by atoms with van der Waals surface area (Å²) < 4.78 is 14.9. The maximum atomic E-state index is 13.2. The maximum Gasteiger partial charge on any atom is 0.139 e. The molecule has 0 aliphatic heterocycles. The van der Waals surface area contributed by atoms with Gasteiger partial charge in [-0.1, -0.05) is 20.8 Å². The highest BCUT2D eigenvalue weighted by Gasteiger charge is 2.23. The summed E-state index contributed by atoms with van der Waals surface area (Å²) in [5.41, 5.74) is 2.15. The van der Waals surface area contributed by atoms with E-state index in [1.807, 2.05) is 20.8 Å². The third-order valence-electron chi connectivity index (χ3n) is 2.64. The summed E-state index contributed by atoms with van der Waals surface area (Å²) in [7, 11) is 0. The van der Waals surface area contributed by atoms with Crippen LogP contribution in [0.25, 0.3) is 5.65 Å². The third kappa shape index (κ3) is 2.01. The molecule has 4 heteroatoms. The molecule has 0 spiro atoms. The number of nitriles is 1. The summed E-state index contributed by atoms with van der Waals surface area (Å²) in [6, 6.07) is 5.12. The fourth-order valence-electron chi connectivity index (χ4n) is 1.91. The second-order valence-electron chi connectivity index (χ2n) is 5.07. The lowest BCUT2D eigenvalue weighted by molar-refractivity contribution is 0.566. The minimum Gasteiger partial charge on any atom is -0.300 e. The van der Waals surface area contributed by atoms with E-state index >= 15 is 0 Å². The maximum absolute atomic E-state index is 13.2. The number of pyridine rings is 1. The smallest absolute Gasteiger partial charge is 0.139 e. The van der Waals surface area contributed by atoms with Crippen molar-refractivity contribution in [2.75, 3.05) is 0 Å². The van der Waals surface area contributed by atoms with Crippen LogP contribution in [0.4, 0.5) is 4.39 Å². The molecule has 0 bridgehead atoms. The van der Waals surface area contributed by atoms with Gasteiger partial charge in [-0.3, -0.25) is 4.40 Å². The van der Waals surface area contributed by atoms with Crippen molar-refractivity contribution in [2.45, 2.75) is 32.6 Å². The van der Waals surface area contributed by atoms with Gasteiger partial charge in [-0.15, -0.1) is 0 Å². The van der Waals surface area contributed by atoms with Crippen molar-refractivity contribution < 1.29 is 4.39 Å². The molecule has 0 atom stereocenters. The van der Waals surface area contributed by atoms with Crippen molar-refractivity contribution in [3.63, 3.8) is 0 Å². The molecule has 0 aliphatic carbocycles. The van der Waals surface area contributed by atoms with Crippen LogP contribution in [0.3, 0.4) is 0 Å². The second-order valence-corrected chi connectivity index (χ2v) is 5.07. The molecule has 88 valence electrons. The standard InChI is InChI=1S/C13H14FN3/c1-13(2,3)12-10(6-7-15)17-8-9(14)4-5-11(17)16-12/h4-5,8H,6H2,1-3H3. The van der Waals surface area contributed by atoms with Gasteiger partial charge in [0.05, 0.1) is 23.9 Å². The van der Waals surface area contributed by atoms with Crippen LogP contribution in [0.1, 0.15) is 32.2 Å².